The van der Waals surface area contributed by atoms with E-state index in [4.69, 9.17) is 9.97 Å². The zero-order valence-corrected chi connectivity index (χ0v) is 19.9. The highest BCUT2D eigenvalue weighted by Gasteiger charge is 2.39. The van der Waals surface area contributed by atoms with Crippen LogP contribution in [-0.4, -0.2) is 66.9 Å². The van der Waals surface area contributed by atoms with Crippen molar-refractivity contribution in [2.45, 2.75) is 63.9 Å². The number of hydrogen-bond acceptors (Lipinski definition) is 8. The summed E-state index contributed by atoms with van der Waals surface area (Å²) in [6.45, 7) is 3.99. The number of alkyl halides is 2. The van der Waals surface area contributed by atoms with Crippen LogP contribution in [0.5, 0.6) is 5.75 Å². The fourth-order valence-electron chi connectivity index (χ4n) is 5.04. The maximum Gasteiger partial charge on any atom is 0.387 e. The summed E-state index contributed by atoms with van der Waals surface area (Å²) >= 11 is 0. The molecule has 0 atom stereocenters. The van der Waals surface area contributed by atoms with Crippen LogP contribution in [0, 0.1) is 5.92 Å². The van der Waals surface area contributed by atoms with Crippen LogP contribution in [-0.2, 0) is 0 Å². The number of halogens is 2. The van der Waals surface area contributed by atoms with Crippen LogP contribution < -0.4 is 15.0 Å². The Labute approximate surface area is 201 Å². The van der Waals surface area contributed by atoms with Gasteiger partial charge in [0.1, 0.15) is 11.6 Å². The number of nitrogens with one attached hydrogen (secondary N) is 1. The van der Waals surface area contributed by atoms with Crippen LogP contribution in [0.4, 0.5) is 20.5 Å². The Hall–Kier alpha value is -3.05. The minimum absolute atomic E-state index is 0.0303. The molecule has 35 heavy (non-hydrogen) atoms. The molecule has 2 fully saturated rings. The fraction of sp³-hybridized carbons (Fsp3) is 0.542. The Bertz CT molecular complexity index is 1210. The van der Waals surface area contributed by atoms with Crippen molar-refractivity contribution in [3.05, 3.63) is 30.5 Å². The number of rotatable bonds is 8. The van der Waals surface area contributed by atoms with Gasteiger partial charge in [-0.25, -0.2) is 4.68 Å². The molecule has 3 N–H and O–H groups in total. The highest BCUT2D eigenvalue weighted by molar-refractivity contribution is 5.89. The van der Waals surface area contributed by atoms with Crippen molar-refractivity contribution in [1.29, 1.82) is 0 Å². The van der Waals surface area contributed by atoms with Gasteiger partial charge in [0.2, 0.25) is 5.95 Å². The van der Waals surface area contributed by atoms with E-state index in [1.807, 2.05) is 13.8 Å². The maximum absolute atomic E-state index is 12.7. The average Bonchev–Trinajstić information content (AvgIpc) is 3.11. The van der Waals surface area contributed by atoms with Gasteiger partial charge in [0, 0.05) is 25.2 Å². The van der Waals surface area contributed by atoms with Crippen LogP contribution in [0.3, 0.4) is 0 Å². The van der Waals surface area contributed by atoms with Crippen LogP contribution in [0.15, 0.2) is 30.5 Å². The SMILES string of the molecule is CC(C)(O)CC1CN(c2nc(N[C@H]3C[C@@](C)(O)C3)nc3c2cnn3-c2cccc(OC(F)F)c2)C1. The van der Waals surface area contributed by atoms with Crippen molar-refractivity contribution in [1.82, 2.24) is 19.7 Å². The fourth-order valence-corrected chi connectivity index (χ4v) is 5.04. The number of fused-ring (bicyclic) bond motifs is 1. The predicted molar refractivity (Wildman–Crippen MR) is 127 cm³/mol. The minimum atomic E-state index is -2.92. The van der Waals surface area contributed by atoms with Gasteiger partial charge in [-0.2, -0.15) is 23.8 Å². The van der Waals surface area contributed by atoms with E-state index < -0.39 is 17.8 Å². The highest BCUT2D eigenvalue weighted by atomic mass is 19.3. The van der Waals surface area contributed by atoms with Gasteiger partial charge < -0.3 is 25.2 Å². The molecule has 0 spiro atoms. The third-order valence-electron chi connectivity index (χ3n) is 6.45. The van der Waals surface area contributed by atoms with Crippen molar-refractivity contribution in [3.63, 3.8) is 0 Å². The average molecular weight is 489 g/mol. The third-order valence-corrected chi connectivity index (χ3v) is 6.45. The Morgan fingerprint density at radius 2 is 2.00 bits per heavy atom. The van der Waals surface area contributed by atoms with Gasteiger partial charge in [-0.1, -0.05) is 6.07 Å². The minimum Gasteiger partial charge on any atom is -0.435 e. The van der Waals surface area contributed by atoms with E-state index in [0.717, 1.165) is 24.3 Å². The molecule has 2 aromatic heterocycles. The number of ether oxygens (including phenoxy) is 1. The molecule has 0 bridgehead atoms. The van der Waals surface area contributed by atoms with E-state index in [0.29, 0.717) is 42.5 Å². The van der Waals surface area contributed by atoms with Crippen LogP contribution in [0.25, 0.3) is 16.7 Å². The van der Waals surface area contributed by atoms with E-state index in [9.17, 15) is 19.0 Å². The standard InChI is InChI=1S/C24H30F2N6O3/c1-23(2,33)8-14-12-31(13-14)19-18-11-27-32(16-5-4-6-17(7-16)35-21(25)26)20(18)30-22(29-19)28-15-9-24(3,34)10-15/h4-7,11,14-15,21,33-34H,8-10,12-13H2,1-3H3,(H,28,29,30)/t15-,24+. The second-order valence-electron chi connectivity index (χ2n) is 10.6. The molecule has 1 aliphatic carbocycles. The van der Waals surface area contributed by atoms with E-state index >= 15 is 0 Å². The van der Waals surface area contributed by atoms with E-state index in [1.165, 1.54) is 12.1 Å². The van der Waals surface area contributed by atoms with Crippen molar-refractivity contribution in [2.75, 3.05) is 23.3 Å². The molecule has 1 saturated heterocycles. The molecule has 3 aromatic rings. The van der Waals surface area contributed by atoms with Crippen molar-refractivity contribution in [2.24, 2.45) is 5.92 Å². The van der Waals surface area contributed by atoms with Crippen LogP contribution in [0.1, 0.15) is 40.0 Å². The zero-order valence-electron chi connectivity index (χ0n) is 19.9. The Morgan fingerprint density at radius 3 is 2.66 bits per heavy atom. The largest absolute Gasteiger partial charge is 0.435 e. The first-order valence-electron chi connectivity index (χ1n) is 11.7. The zero-order chi connectivity index (χ0) is 25.0. The summed E-state index contributed by atoms with van der Waals surface area (Å²) < 4.78 is 31.6. The molecule has 0 unspecified atom stereocenters. The summed E-state index contributed by atoms with van der Waals surface area (Å²) in [5.41, 5.74) is -0.367. The number of aromatic nitrogens is 4. The summed E-state index contributed by atoms with van der Waals surface area (Å²) in [4.78, 5) is 11.6. The summed E-state index contributed by atoms with van der Waals surface area (Å²) in [5, 5.41) is 28.8. The lowest BCUT2D eigenvalue weighted by molar-refractivity contribution is -0.0498. The Balaban J connectivity index is 1.48. The maximum atomic E-state index is 12.7. The quantitative estimate of drug-likeness (QED) is 0.443. The first kappa shape index (κ1) is 23.7. The molecular formula is C24H30F2N6O3. The first-order chi connectivity index (χ1) is 16.5. The van der Waals surface area contributed by atoms with E-state index in [2.05, 4.69) is 20.1 Å². The number of aliphatic hydroxyl groups is 2. The topological polar surface area (TPSA) is 109 Å². The third kappa shape index (κ3) is 5.15. The van der Waals surface area contributed by atoms with Gasteiger partial charge in [0.25, 0.3) is 0 Å². The van der Waals surface area contributed by atoms with Gasteiger partial charge in [0.15, 0.2) is 5.65 Å². The van der Waals surface area contributed by atoms with Crippen molar-refractivity contribution >= 4 is 22.8 Å². The second-order valence-corrected chi connectivity index (χ2v) is 10.6. The lowest BCUT2D eigenvalue weighted by Gasteiger charge is -2.43. The van der Waals surface area contributed by atoms with Crippen LogP contribution >= 0.6 is 0 Å². The lowest BCUT2D eigenvalue weighted by Crippen LogP contribution is -2.50. The predicted octanol–water partition coefficient (Wildman–Crippen LogP) is 3.34. The van der Waals surface area contributed by atoms with Crippen LogP contribution in [0.2, 0.25) is 0 Å². The van der Waals surface area contributed by atoms with Crippen molar-refractivity contribution in [3.8, 4) is 11.4 Å². The van der Waals surface area contributed by atoms with Gasteiger partial charge in [-0.15, -0.1) is 0 Å². The number of hydrogen-bond donors (Lipinski definition) is 3. The summed E-state index contributed by atoms with van der Waals surface area (Å²) in [6, 6.07) is 6.36. The van der Waals surface area contributed by atoms with Gasteiger partial charge >= 0.3 is 6.61 Å². The van der Waals surface area contributed by atoms with Gasteiger partial charge in [-0.3, -0.25) is 0 Å². The Kier molecular flexibility index (Phi) is 5.79. The number of benzene rings is 1. The molecule has 11 heteroatoms. The summed E-state index contributed by atoms with van der Waals surface area (Å²) in [7, 11) is 0. The monoisotopic (exact) mass is 488 g/mol. The normalized spacial score (nSPS) is 22.9. The van der Waals surface area contributed by atoms with Crippen molar-refractivity contribution < 1.29 is 23.7 Å². The molecule has 0 amide bonds. The molecule has 188 valence electrons. The molecule has 0 radical (unpaired) electrons. The lowest BCUT2D eigenvalue weighted by atomic mass is 9.77. The summed E-state index contributed by atoms with van der Waals surface area (Å²) in [6.07, 6.45) is 3.55. The molecule has 1 aliphatic heterocycles. The molecule has 5 rings (SSSR count). The highest BCUT2D eigenvalue weighted by Crippen LogP contribution is 2.37. The molecule has 9 nitrogen and oxygen atoms in total. The molecule has 1 saturated carbocycles. The van der Waals surface area contributed by atoms with E-state index in [1.54, 1.807) is 29.9 Å². The smallest absolute Gasteiger partial charge is 0.387 e. The van der Waals surface area contributed by atoms with Gasteiger partial charge in [-0.05, 0) is 58.1 Å². The number of nitrogens with zero attached hydrogens (tertiary/aromatic N) is 5. The second kappa shape index (κ2) is 8.56. The molecule has 2 aliphatic rings. The molecule has 1 aromatic carbocycles. The van der Waals surface area contributed by atoms with Gasteiger partial charge in [0.05, 0.1) is 28.5 Å². The van der Waals surface area contributed by atoms with E-state index in [-0.39, 0.29) is 11.8 Å². The number of anilines is 2. The molecule has 3 heterocycles. The molecular weight excluding hydrogens is 458 g/mol. The first-order valence-corrected chi connectivity index (χ1v) is 11.7. The Morgan fingerprint density at radius 1 is 1.26 bits per heavy atom. The summed E-state index contributed by atoms with van der Waals surface area (Å²) in [5.74, 6) is 1.52.